The molecule has 2 N–H and O–H groups in total. The zero-order valence-corrected chi connectivity index (χ0v) is 13.3. The van der Waals surface area contributed by atoms with E-state index in [4.69, 9.17) is 5.73 Å². The molecule has 2 nitrogen and oxygen atoms in total. The average molecular weight is 339 g/mol. The molecular weight excluding hydrogens is 324 g/mol. The Balaban J connectivity index is 2.16. The lowest BCUT2D eigenvalue weighted by atomic mass is 10.0. The third-order valence-electron chi connectivity index (χ3n) is 3.47. The fraction of sp³-hybridized carbons (Fsp3) is 0.0556. The van der Waals surface area contributed by atoms with Crippen molar-refractivity contribution in [2.24, 2.45) is 0 Å². The summed E-state index contributed by atoms with van der Waals surface area (Å²) in [5.41, 5.74) is 12.0. The van der Waals surface area contributed by atoms with Crippen LogP contribution in [0, 0.1) is 6.92 Å². The molecule has 3 rings (SSSR count). The van der Waals surface area contributed by atoms with Crippen molar-refractivity contribution in [3.63, 3.8) is 0 Å². The fourth-order valence-electron chi connectivity index (χ4n) is 2.31. The minimum Gasteiger partial charge on any atom is -0.397 e. The molecule has 104 valence electrons. The van der Waals surface area contributed by atoms with Crippen molar-refractivity contribution >= 4 is 21.6 Å². The molecule has 0 aliphatic rings. The number of nitrogens with zero attached hydrogens (tertiary/aromatic N) is 1. The third-order valence-corrected chi connectivity index (χ3v) is 4.00. The topological polar surface area (TPSA) is 38.9 Å². The predicted molar refractivity (Wildman–Crippen MR) is 92.0 cm³/mol. The Morgan fingerprint density at radius 1 is 0.905 bits per heavy atom. The average Bonchev–Trinajstić information content (AvgIpc) is 2.51. The fourth-order valence-corrected chi connectivity index (χ4v) is 2.57. The minimum atomic E-state index is 0.738. The maximum Gasteiger partial charge on any atom is 0.0713 e. The molecule has 3 aromatic rings. The van der Waals surface area contributed by atoms with Gasteiger partial charge in [0.05, 0.1) is 17.1 Å². The Morgan fingerprint density at radius 2 is 1.57 bits per heavy atom. The quantitative estimate of drug-likeness (QED) is 0.708. The minimum absolute atomic E-state index is 0.738. The summed E-state index contributed by atoms with van der Waals surface area (Å²) in [6.07, 6.45) is 0. The van der Waals surface area contributed by atoms with Gasteiger partial charge >= 0.3 is 0 Å². The molecule has 0 saturated carbocycles. The number of aromatic nitrogens is 1. The number of anilines is 1. The number of benzene rings is 2. The van der Waals surface area contributed by atoms with E-state index in [2.05, 4.69) is 51.2 Å². The largest absolute Gasteiger partial charge is 0.397 e. The maximum atomic E-state index is 6.22. The summed E-state index contributed by atoms with van der Waals surface area (Å²) in [5.74, 6) is 0. The third kappa shape index (κ3) is 2.83. The number of rotatable bonds is 2. The highest BCUT2D eigenvalue weighted by Gasteiger charge is 2.10. The van der Waals surface area contributed by atoms with E-state index in [1.807, 2.05) is 37.3 Å². The molecule has 0 spiro atoms. The molecule has 0 bridgehead atoms. The SMILES string of the molecule is Cc1nc(-c2ccc(Br)cc2)cc(-c2ccccc2)c1N. The molecule has 0 radical (unpaired) electrons. The van der Waals surface area contributed by atoms with Crippen molar-refractivity contribution in [3.05, 3.63) is 70.8 Å². The molecule has 1 aromatic heterocycles. The van der Waals surface area contributed by atoms with Gasteiger partial charge in [-0.3, -0.25) is 4.98 Å². The summed E-state index contributed by atoms with van der Waals surface area (Å²) >= 11 is 3.45. The zero-order valence-electron chi connectivity index (χ0n) is 11.7. The monoisotopic (exact) mass is 338 g/mol. The predicted octanol–water partition coefficient (Wildman–Crippen LogP) is 5.07. The number of hydrogen-bond donors (Lipinski definition) is 1. The summed E-state index contributed by atoms with van der Waals surface area (Å²) in [5, 5.41) is 0. The Labute approximate surface area is 132 Å². The standard InChI is InChI=1S/C18H15BrN2/c1-12-18(20)16(13-5-3-2-4-6-13)11-17(21-12)14-7-9-15(19)10-8-14/h2-11H,20H2,1H3. The summed E-state index contributed by atoms with van der Waals surface area (Å²) < 4.78 is 1.06. The van der Waals surface area contributed by atoms with Crippen LogP contribution in [-0.4, -0.2) is 4.98 Å². The van der Waals surface area contributed by atoms with E-state index < -0.39 is 0 Å². The van der Waals surface area contributed by atoms with Crippen LogP contribution in [0.5, 0.6) is 0 Å². The van der Waals surface area contributed by atoms with Crippen molar-refractivity contribution in [3.8, 4) is 22.4 Å². The first-order valence-electron chi connectivity index (χ1n) is 6.73. The van der Waals surface area contributed by atoms with E-state index in [-0.39, 0.29) is 0 Å². The number of aryl methyl sites for hydroxylation is 1. The van der Waals surface area contributed by atoms with Crippen LogP contribution in [0.15, 0.2) is 65.1 Å². The Bertz CT molecular complexity index is 765. The molecule has 1 heterocycles. The molecule has 0 saturated heterocycles. The first kappa shape index (κ1) is 13.8. The van der Waals surface area contributed by atoms with Crippen LogP contribution < -0.4 is 5.73 Å². The lowest BCUT2D eigenvalue weighted by Gasteiger charge is -2.11. The van der Waals surface area contributed by atoms with Crippen LogP contribution in [0.1, 0.15) is 5.69 Å². The number of hydrogen-bond acceptors (Lipinski definition) is 2. The van der Waals surface area contributed by atoms with Crippen LogP contribution in [0.2, 0.25) is 0 Å². The van der Waals surface area contributed by atoms with Gasteiger partial charge in [0.15, 0.2) is 0 Å². The summed E-state index contributed by atoms with van der Waals surface area (Å²) in [7, 11) is 0. The molecule has 3 heteroatoms. The molecule has 21 heavy (non-hydrogen) atoms. The first-order chi connectivity index (χ1) is 10.1. The maximum absolute atomic E-state index is 6.22. The number of pyridine rings is 1. The molecule has 0 aliphatic carbocycles. The van der Waals surface area contributed by atoms with Gasteiger partial charge in [0.2, 0.25) is 0 Å². The van der Waals surface area contributed by atoms with E-state index in [1.165, 1.54) is 0 Å². The highest BCUT2D eigenvalue weighted by Crippen LogP contribution is 2.32. The van der Waals surface area contributed by atoms with Crippen molar-refractivity contribution in [2.75, 3.05) is 5.73 Å². The van der Waals surface area contributed by atoms with Gasteiger partial charge in [-0.1, -0.05) is 58.4 Å². The van der Waals surface area contributed by atoms with Crippen molar-refractivity contribution in [1.29, 1.82) is 0 Å². The molecule has 0 atom stereocenters. The zero-order chi connectivity index (χ0) is 14.8. The van der Waals surface area contributed by atoms with Gasteiger partial charge < -0.3 is 5.73 Å². The molecule has 2 aromatic carbocycles. The Kier molecular flexibility index (Phi) is 3.76. The number of nitrogens with two attached hydrogens (primary N) is 1. The van der Waals surface area contributed by atoms with Gasteiger partial charge in [0, 0.05) is 15.6 Å². The summed E-state index contributed by atoms with van der Waals surface area (Å²) in [4.78, 5) is 4.62. The van der Waals surface area contributed by atoms with Crippen molar-refractivity contribution < 1.29 is 0 Å². The van der Waals surface area contributed by atoms with Gasteiger partial charge in [-0.05, 0) is 30.7 Å². The summed E-state index contributed by atoms with van der Waals surface area (Å²) in [6, 6.07) is 20.4. The highest BCUT2D eigenvalue weighted by molar-refractivity contribution is 9.10. The van der Waals surface area contributed by atoms with Crippen LogP contribution in [0.25, 0.3) is 22.4 Å². The van der Waals surface area contributed by atoms with E-state index in [1.54, 1.807) is 0 Å². The molecule has 0 fully saturated rings. The van der Waals surface area contributed by atoms with E-state index in [0.717, 1.165) is 38.2 Å². The van der Waals surface area contributed by atoms with Crippen LogP contribution in [-0.2, 0) is 0 Å². The van der Waals surface area contributed by atoms with E-state index in [9.17, 15) is 0 Å². The van der Waals surface area contributed by atoms with Gasteiger partial charge in [-0.2, -0.15) is 0 Å². The van der Waals surface area contributed by atoms with Crippen molar-refractivity contribution in [1.82, 2.24) is 4.98 Å². The smallest absolute Gasteiger partial charge is 0.0713 e. The van der Waals surface area contributed by atoms with Crippen LogP contribution in [0.3, 0.4) is 0 Å². The molecular formula is C18H15BrN2. The highest BCUT2D eigenvalue weighted by atomic mass is 79.9. The van der Waals surface area contributed by atoms with Gasteiger partial charge in [0.1, 0.15) is 0 Å². The van der Waals surface area contributed by atoms with Gasteiger partial charge in [-0.15, -0.1) is 0 Å². The van der Waals surface area contributed by atoms with Crippen LogP contribution in [0.4, 0.5) is 5.69 Å². The lowest BCUT2D eigenvalue weighted by Crippen LogP contribution is -1.98. The second-order valence-corrected chi connectivity index (χ2v) is 5.84. The van der Waals surface area contributed by atoms with Crippen molar-refractivity contribution in [2.45, 2.75) is 6.92 Å². The summed E-state index contributed by atoms with van der Waals surface area (Å²) in [6.45, 7) is 1.95. The first-order valence-corrected chi connectivity index (χ1v) is 7.53. The van der Waals surface area contributed by atoms with Gasteiger partial charge in [0.25, 0.3) is 0 Å². The lowest BCUT2D eigenvalue weighted by molar-refractivity contribution is 1.21. The Morgan fingerprint density at radius 3 is 2.24 bits per heavy atom. The van der Waals surface area contributed by atoms with Crippen LogP contribution >= 0.6 is 15.9 Å². The Hall–Kier alpha value is -2.13. The normalized spacial score (nSPS) is 10.6. The second-order valence-electron chi connectivity index (χ2n) is 4.93. The molecule has 0 aliphatic heterocycles. The van der Waals surface area contributed by atoms with E-state index in [0.29, 0.717) is 0 Å². The van der Waals surface area contributed by atoms with Gasteiger partial charge in [-0.25, -0.2) is 0 Å². The number of nitrogen functional groups attached to an aromatic ring is 1. The number of halogens is 1. The molecule has 0 unspecified atom stereocenters. The van der Waals surface area contributed by atoms with E-state index >= 15 is 0 Å². The second kappa shape index (κ2) is 5.70. The molecule has 0 amide bonds.